The van der Waals surface area contributed by atoms with Crippen LogP contribution >= 0.6 is 0 Å². The molecule has 0 saturated carbocycles. The first-order chi connectivity index (χ1) is 7.99. The standard InChI is InChI=1S/C12H13F2N3/c1-7-5-8(2)17(16-7)11-4-3-9(15)6-10(11)12(13)14/h3-6,12H,15H2,1-2H3. The van der Waals surface area contributed by atoms with Gasteiger partial charge in [0.1, 0.15) is 0 Å². The Labute approximate surface area is 97.9 Å². The average Bonchev–Trinajstić information content (AvgIpc) is 2.57. The maximum absolute atomic E-state index is 12.9. The van der Waals surface area contributed by atoms with Crippen molar-refractivity contribution >= 4 is 5.69 Å². The molecule has 0 spiro atoms. The van der Waals surface area contributed by atoms with Crippen molar-refractivity contribution in [2.45, 2.75) is 20.3 Å². The third-order valence-electron chi connectivity index (χ3n) is 2.52. The number of rotatable bonds is 2. The second-order valence-corrected chi connectivity index (χ2v) is 3.96. The molecule has 0 aliphatic heterocycles. The van der Waals surface area contributed by atoms with Gasteiger partial charge >= 0.3 is 0 Å². The predicted octanol–water partition coefficient (Wildman–Crippen LogP) is 3.01. The van der Waals surface area contributed by atoms with Crippen LogP contribution in [0.4, 0.5) is 14.5 Å². The number of aromatic nitrogens is 2. The van der Waals surface area contributed by atoms with E-state index in [0.717, 1.165) is 11.4 Å². The summed E-state index contributed by atoms with van der Waals surface area (Å²) in [5.41, 5.74) is 7.73. The molecule has 0 bridgehead atoms. The van der Waals surface area contributed by atoms with Crippen LogP contribution in [0.15, 0.2) is 24.3 Å². The highest BCUT2D eigenvalue weighted by Crippen LogP contribution is 2.28. The van der Waals surface area contributed by atoms with E-state index in [1.165, 1.54) is 10.7 Å². The molecule has 0 atom stereocenters. The molecule has 0 aliphatic rings. The van der Waals surface area contributed by atoms with E-state index < -0.39 is 6.43 Å². The molecular formula is C12H13F2N3. The van der Waals surface area contributed by atoms with E-state index in [9.17, 15) is 8.78 Å². The summed E-state index contributed by atoms with van der Waals surface area (Å²) < 4.78 is 27.4. The van der Waals surface area contributed by atoms with Crippen LogP contribution in [-0.2, 0) is 0 Å². The van der Waals surface area contributed by atoms with Crippen LogP contribution in [0.25, 0.3) is 5.69 Å². The minimum atomic E-state index is -2.57. The quantitative estimate of drug-likeness (QED) is 0.816. The highest BCUT2D eigenvalue weighted by Gasteiger charge is 2.16. The van der Waals surface area contributed by atoms with Crippen LogP contribution in [0.1, 0.15) is 23.4 Å². The lowest BCUT2D eigenvalue weighted by Gasteiger charge is -2.11. The van der Waals surface area contributed by atoms with E-state index in [1.54, 1.807) is 12.1 Å². The molecule has 5 heteroatoms. The molecule has 1 aromatic carbocycles. The van der Waals surface area contributed by atoms with Gasteiger partial charge in [-0.15, -0.1) is 0 Å². The van der Waals surface area contributed by atoms with Crippen molar-refractivity contribution in [2.24, 2.45) is 0 Å². The number of hydrogen-bond donors (Lipinski definition) is 1. The lowest BCUT2D eigenvalue weighted by atomic mass is 10.1. The molecule has 1 heterocycles. The zero-order valence-corrected chi connectivity index (χ0v) is 9.61. The van der Waals surface area contributed by atoms with Gasteiger partial charge in [-0.05, 0) is 38.1 Å². The fraction of sp³-hybridized carbons (Fsp3) is 0.250. The Morgan fingerprint density at radius 1 is 1.24 bits per heavy atom. The van der Waals surface area contributed by atoms with E-state index in [-0.39, 0.29) is 5.56 Å². The van der Waals surface area contributed by atoms with E-state index in [1.807, 2.05) is 19.9 Å². The molecule has 3 nitrogen and oxygen atoms in total. The summed E-state index contributed by atoms with van der Waals surface area (Å²) in [6.07, 6.45) is -2.57. The third-order valence-corrected chi connectivity index (χ3v) is 2.52. The van der Waals surface area contributed by atoms with Gasteiger partial charge < -0.3 is 5.73 Å². The van der Waals surface area contributed by atoms with Gasteiger partial charge in [-0.2, -0.15) is 5.10 Å². The van der Waals surface area contributed by atoms with Crippen molar-refractivity contribution in [3.05, 3.63) is 41.2 Å². The number of hydrogen-bond acceptors (Lipinski definition) is 2. The lowest BCUT2D eigenvalue weighted by molar-refractivity contribution is 0.151. The predicted molar refractivity (Wildman–Crippen MR) is 62.4 cm³/mol. The maximum atomic E-state index is 12.9. The SMILES string of the molecule is Cc1cc(C)n(-c2ccc(N)cc2C(F)F)n1. The number of halogens is 2. The van der Waals surface area contributed by atoms with Crippen LogP contribution in [0.2, 0.25) is 0 Å². The normalized spacial score (nSPS) is 11.1. The van der Waals surface area contributed by atoms with Gasteiger partial charge in [0, 0.05) is 16.9 Å². The summed E-state index contributed by atoms with van der Waals surface area (Å²) in [6, 6.07) is 6.29. The van der Waals surface area contributed by atoms with Crippen LogP contribution in [0, 0.1) is 13.8 Å². The van der Waals surface area contributed by atoms with Crippen LogP contribution in [0.5, 0.6) is 0 Å². The van der Waals surface area contributed by atoms with Crippen LogP contribution in [0.3, 0.4) is 0 Å². The van der Waals surface area contributed by atoms with Crippen molar-refractivity contribution in [2.75, 3.05) is 5.73 Å². The molecule has 2 rings (SSSR count). The topological polar surface area (TPSA) is 43.8 Å². The molecule has 90 valence electrons. The Morgan fingerprint density at radius 2 is 1.94 bits per heavy atom. The molecule has 0 amide bonds. The summed E-state index contributed by atoms with van der Waals surface area (Å²) in [6.45, 7) is 3.65. The number of benzene rings is 1. The summed E-state index contributed by atoms with van der Waals surface area (Å²) in [5.74, 6) is 0. The first kappa shape index (κ1) is 11.6. The molecule has 0 radical (unpaired) electrons. The average molecular weight is 237 g/mol. The first-order valence-electron chi connectivity index (χ1n) is 5.20. The number of alkyl halides is 2. The van der Waals surface area contributed by atoms with Gasteiger partial charge in [-0.1, -0.05) is 0 Å². The lowest BCUT2D eigenvalue weighted by Crippen LogP contribution is -2.04. The Bertz CT molecular complexity index is 547. The van der Waals surface area contributed by atoms with Crippen molar-refractivity contribution in [1.29, 1.82) is 0 Å². The molecule has 0 aliphatic carbocycles. The highest BCUT2D eigenvalue weighted by molar-refractivity contribution is 5.52. The molecule has 2 aromatic rings. The minimum absolute atomic E-state index is 0.101. The number of nitrogens with zero attached hydrogens (tertiary/aromatic N) is 2. The summed E-state index contributed by atoms with van der Waals surface area (Å²) in [5, 5.41) is 4.20. The fourth-order valence-electron chi connectivity index (χ4n) is 1.81. The number of anilines is 1. The third kappa shape index (κ3) is 2.13. The largest absolute Gasteiger partial charge is 0.399 e. The van der Waals surface area contributed by atoms with Crippen molar-refractivity contribution in [3.63, 3.8) is 0 Å². The Balaban J connectivity index is 2.62. The molecule has 0 fully saturated rings. The number of nitrogens with two attached hydrogens (primary N) is 1. The smallest absolute Gasteiger partial charge is 0.266 e. The zero-order chi connectivity index (χ0) is 12.6. The zero-order valence-electron chi connectivity index (χ0n) is 9.61. The second kappa shape index (κ2) is 4.16. The van der Waals surface area contributed by atoms with Crippen molar-refractivity contribution < 1.29 is 8.78 Å². The van der Waals surface area contributed by atoms with Gasteiger partial charge in [0.2, 0.25) is 0 Å². The van der Waals surface area contributed by atoms with E-state index >= 15 is 0 Å². The number of aryl methyl sites for hydroxylation is 2. The van der Waals surface area contributed by atoms with Gasteiger partial charge in [0.15, 0.2) is 0 Å². The van der Waals surface area contributed by atoms with Gasteiger partial charge in [-0.3, -0.25) is 0 Å². The van der Waals surface area contributed by atoms with Gasteiger partial charge in [-0.25, -0.2) is 13.5 Å². The first-order valence-corrected chi connectivity index (χ1v) is 5.20. The Kier molecular flexibility index (Phi) is 2.83. The van der Waals surface area contributed by atoms with E-state index in [2.05, 4.69) is 5.10 Å². The fourth-order valence-corrected chi connectivity index (χ4v) is 1.81. The summed E-state index contributed by atoms with van der Waals surface area (Å²) in [4.78, 5) is 0. The van der Waals surface area contributed by atoms with Crippen LogP contribution in [-0.4, -0.2) is 9.78 Å². The van der Waals surface area contributed by atoms with E-state index in [0.29, 0.717) is 11.4 Å². The molecule has 0 saturated heterocycles. The summed E-state index contributed by atoms with van der Waals surface area (Å²) in [7, 11) is 0. The molecule has 2 N–H and O–H groups in total. The molecule has 0 unspecified atom stereocenters. The monoisotopic (exact) mass is 237 g/mol. The van der Waals surface area contributed by atoms with Crippen LogP contribution < -0.4 is 5.73 Å². The minimum Gasteiger partial charge on any atom is -0.399 e. The Hall–Kier alpha value is -1.91. The number of nitrogen functional groups attached to an aromatic ring is 1. The molecular weight excluding hydrogens is 224 g/mol. The highest BCUT2D eigenvalue weighted by atomic mass is 19.3. The van der Waals surface area contributed by atoms with Crippen molar-refractivity contribution in [1.82, 2.24) is 9.78 Å². The molecule has 1 aromatic heterocycles. The summed E-state index contributed by atoms with van der Waals surface area (Å²) >= 11 is 0. The second-order valence-electron chi connectivity index (χ2n) is 3.96. The molecule has 17 heavy (non-hydrogen) atoms. The van der Waals surface area contributed by atoms with Gasteiger partial charge in [0.05, 0.1) is 11.4 Å². The van der Waals surface area contributed by atoms with Gasteiger partial charge in [0.25, 0.3) is 6.43 Å². The Morgan fingerprint density at radius 3 is 2.47 bits per heavy atom. The maximum Gasteiger partial charge on any atom is 0.266 e. The van der Waals surface area contributed by atoms with E-state index in [4.69, 9.17) is 5.73 Å². The van der Waals surface area contributed by atoms with Crippen molar-refractivity contribution in [3.8, 4) is 5.69 Å².